The maximum absolute atomic E-state index is 12.7. The van der Waals surface area contributed by atoms with Crippen molar-refractivity contribution in [2.24, 2.45) is 23.7 Å². The Hall–Kier alpha value is -1.63. The summed E-state index contributed by atoms with van der Waals surface area (Å²) in [6.45, 7) is 0. The molecule has 4 aliphatic rings. The van der Waals surface area contributed by atoms with Gasteiger partial charge in [-0.3, -0.25) is 14.5 Å². The van der Waals surface area contributed by atoms with Crippen molar-refractivity contribution in [2.45, 2.75) is 37.6 Å². The first kappa shape index (κ1) is 11.2. The number of hydrogen-bond donors (Lipinski definition) is 0. The Morgan fingerprint density at radius 1 is 1.11 bits per heavy atom. The van der Waals surface area contributed by atoms with Gasteiger partial charge in [-0.15, -0.1) is 0 Å². The zero-order chi connectivity index (χ0) is 13.2. The van der Waals surface area contributed by atoms with Gasteiger partial charge in [0, 0.05) is 0 Å². The molecule has 19 heavy (non-hydrogen) atoms. The van der Waals surface area contributed by atoms with Gasteiger partial charge in [-0.25, -0.2) is 0 Å². The third-order valence-corrected chi connectivity index (χ3v) is 5.54. The van der Waals surface area contributed by atoms with Crippen LogP contribution in [0.1, 0.15) is 32.1 Å². The average Bonchev–Trinajstić information content (AvgIpc) is 3.14. The van der Waals surface area contributed by atoms with E-state index in [9.17, 15) is 14.9 Å². The molecule has 0 N–H and O–H groups in total. The SMILES string of the molecule is N#CC1(N2C(=O)C3C4C=CC(C4)C3C2=O)CCCC1. The molecular formula is C15H16N2O2. The fraction of sp³-hybridized carbons (Fsp3) is 0.667. The summed E-state index contributed by atoms with van der Waals surface area (Å²) >= 11 is 0. The first-order valence-electron chi connectivity index (χ1n) is 7.15. The molecule has 4 nitrogen and oxygen atoms in total. The normalized spacial score (nSPS) is 41.9. The van der Waals surface area contributed by atoms with Gasteiger partial charge in [0.25, 0.3) is 0 Å². The molecule has 2 amide bonds. The number of carbonyl (C=O) groups excluding carboxylic acids is 2. The van der Waals surface area contributed by atoms with Crippen LogP contribution in [0, 0.1) is 35.0 Å². The number of nitrogens with zero attached hydrogens (tertiary/aromatic N) is 2. The second kappa shape index (κ2) is 3.47. The van der Waals surface area contributed by atoms with Crippen LogP contribution in [0.5, 0.6) is 0 Å². The van der Waals surface area contributed by atoms with Crippen molar-refractivity contribution in [3.05, 3.63) is 12.2 Å². The van der Waals surface area contributed by atoms with E-state index in [2.05, 4.69) is 18.2 Å². The molecule has 1 aliphatic heterocycles. The van der Waals surface area contributed by atoms with E-state index in [1.165, 1.54) is 4.90 Å². The molecule has 0 aromatic carbocycles. The predicted octanol–water partition coefficient (Wildman–Crippen LogP) is 1.63. The Morgan fingerprint density at radius 3 is 2.11 bits per heavy atom. The molecule has 0 aromatic rings. The van der Waals surface area contributed by atoms with Gasteiger partial charge < -0.3 is 0 Å². The molecule has 4 rings (SSSR count). The number of likely N-dealkylation sites (tertiary alicyclic amines) is 1. The van der Waals surface area contributed by atoms with Crippen molar-refractivity contribution in [3.63, 3.8) is 0 Å². The number of hydrogen-bond acceptors (Lipinski definition) is 3. The minimum absolute atomic E-state index is 0.0738. The summed E-state index contributed by atoms with van der Waals surface area (Å²) < 4.78 is 0. The summed E-state index contributed by atoms with van der Waals surface area (Å²) in [5, 5.41) is 9.51. The van der Waals surface area contributed by atoms with Crippen molar-refractivity contribution >= 4 is 11.8 Å². The number of imide groups is 1. The number of allylic oxidation sites excluding steroid dienone is 2. The van der Waals surface area contributed by atoms with E-state index in [4.69, 9.17) is 0 Å². The van der Waals surface area contributed by atoms with Crippen molar-refractivity contribution in [3.8, 4) is 6.07 Å². The predicted molar refractivity (Wildman–Crippen MR) is 66.4 cm³/mol. The molecule has 98 valence electrons. The number of rotatable bonds is 1. The Kier molecular flexibility index (Phi) is 2.05. The van der Waals surface area contributed by atoms with Gasteiger partial charge in [0.15, 0.2) is 0 Å². The topological polar surface area (TPSA) is 61.2 Å². The molecule has 0 aromatic heterocycles. The van der Waals surface area contributed by atoms with E-state index in [-0.39, 0.29) is 35.5 Å². The Morgan fingerprint density at radius 2 is 1.63 bits per heavy atom. The Labute approximate surface area is 112 Å². The zero-order valence-electron chi connectivity index (χ0n) is 10.7. The summed E-state index contributed by atoms with van der Waals surface area (Å²) in [7, 11) is 0. The first-order valence-corrected chi connectivity index (χ1v) is 7.15. The minimum atomic E-state index is -0.835. The van der Waals surface area contributed by atoms with Crippen molar-refractivity contribution in [1.29, 1.82) is 5.26 Å². The summed E-state index contributed by atoms with van der Waals surface area (Å²) in [6, 6.07) is 2.28. The average molecular weight is 256 g/mol. The number of amides is 2. The lowest BCUT2D eigenvalue weighted by atomic mass is 9.85. The number of fused-ring (bicyclic) bond motifs is 5. The van der Waals surface area contributed by atoms with E-state index < -0.39 is 5.54 Å². The Balaban J connectivity index is 1.75. The van der Waals surface area contributed by atoms with Gasteiger partial charge in [-0.1, -0.05) is 12.2 Å². The number of carbonyl (C=O) groups is 2. The van der Waals surface area contributed by atoms with Gasteiger partial charge in [-0.05, 0) is 43.9 Å². The largest absolute Gasteiger partial charge is 0.274 e. The molecule has 0 radical (unpaired) electrons. The monoisotopic (exact) mass is 256 g/mol. The molecular weight excluding hydrogens is 240 g/mol. The molecule has 3 fully saturated rings. The molecule has 3 aliphatic carbocycles. The second-order valence-corrected chi connectivity index (χ2v) is 6.36. The highest BCUT2D eigenvalue weighted by molar-refractivity contribution is 6.07. The van der Waals surface area contributed by atoms with Gasteiger partial charge in [-0.2, -0.15) is 5.26 Å². The third kappa shape index (κ3) is 1.19. The minimum Gasteiger partial charge on any atom is -0.274 e. The van der Waals surface area contributed by atoms with Crippen LogP contribution < -0.4 is 0 Å². The molecule has 0 spiro atoms. The van der Waals surface area contributed by atoms with Crippen LogP contribution in [-0.2, 0) is 9.59 Å². The van der Waals surface area contributed by atoms with E-state index in [1.54, 1.807) is 0 Å². The van der Waals surface area contributed by atoms with Crippen LogP contribution in [0.25, 0.3) is 0 Å². The molecule has 2 saturated carbocycles. The van der Waals surface area contributed by atoms with E-state index in [0.29, 0.717) is 12.8 Å². The first-order chi connectivity index (χ1) is 9.18. The van der Waals surface area contributed by atoms with Gasteiger partial charge in [0.2, 0.25) is 11.8 Å². The lowest BCUT2D eigenvalue weighted by Crippen LogP contribution is -2.50. The summed E-state index contributed by atoms with van der Waals surface area (Å²) in [5.74, 6) is -0.0329. The summed E-state index contributed by atoms with van der Waals surface area (Å²) in [4.78, 5) is 26.7. The van der Waals surface area contributed by atoms with Crippen LogP contribution in [-0.4, -0.2) is 22.3 Å². The molecule has 2 bridgehead atoms. The quantitative estimate of drug-likeness (QED) is 0.529. The van der Waals surface area contributed by atoms with E-state index in [1.807, 2.05) is 0 Å². The van der Waals surface area contributed by atoms with Crippen LogP contribution >= 0.6 is 0 Å². The van der Waals surface area contributed by atoms with Crippen molar-refractivity contribution < 1.29 is 9.59 Å². The fourth-order valence-electron chi connectivity index (χ4n) is 4.67. The molecule has 4 atom stereocenters. The second-order valence-electron chi connectivity index (χ2n) is 6.36. The Bertz CT molecular complexity index is 509. The highest BCUT2D eigenvalue weighted by atomic mass is 16.2. The highest BCUT2D eigenvalue weighted by Gasteiger charge is 2.63. The van der Waals surface area contributed by atoms with E-state index in [0.717, 1.165) is 19.3 Å². The standard InChI is InChI=1S/C15H16N2O2/c16-8-15(5-1-2-6-15)17-13(18)11-9-3-4-10(7-9)12(11)14(17)19/h3-4,9-12H,1-2,5-7H2. The lowest BCUT2D eigenvalue weighted by Gasteiger charge is -2.31. The molecule has 4 heteroatoms. The maximum Gasteiger partial charge on any atom is 0.235 e. The van der Waals surface area contributed by atoms with Crippen LogP contribution in [0.15, 0.2) is 12.2 Å². The molecule has 1 saturated heterocycles. The zero-order valence-corrected chi connectivity index (χ0v) is 10.7. The molecule has 1 heterocycles. The van der Waals surface area contributed by atoms with Gasteiger partial charge in [0.1, 0.15) is 5.54 Å². The smallest absolute Gasteiger partial charge is 0.235 e. The molecule has 4 unspecified atom stereocenters. The van der Waals surface area contributed by atoms with Crippen molar-refractivity contribution in [1.82, 2.24) is 4.90 Å². The van der Waals surface area contributed by atoms with Crippen molar-refractivity contribution in [2.75, 3.05) is 0 Å². The fourth-order valence-corrected chi connectivity index (χ4v) is 4.67. The maximum atomic E-state index is 12.7. The van der Waals surface area contributed by atoms with Crippen LogP contribution in [0.3, 0.4) is 0 Å². The van der Waals surface area contributed by atoms with Gasteiger partial charge in [0.05, 0.1) is 17.9 Å². The summed E-state index contributed by atoms with van der Waals surface area (Å²) in [5.41, 5.74) is -0.835. The summed E-state index contributed by atoms with van der Waals surface area (Å²) in [6.07, 6.45) is 8.31. The van der Waals surface area contributed by atoms with Gasteiger partial charge >= 0.3 is 0 Å². The van der Waals surface area contributed by atoms with E-state index >= 15 is 0 Å². The lowest BCUT2D eigenvalue weighted by molar-refractivity contribution is -0.145. The number of nitriles is 1. The van der Waals surface area contributed by atoms with Crippen LogP contribution in [0.2, 0.25) is 0 Å². The van der Waals surface area contributed by atoms with Crippen LogP contribution in [0.4, 0.5) is 0 Å². The highest BCUT2D eigenvalue weighted by Crippen LogP contribution is 2.54. The third-order valence-electron chi connectivity index (χ3n) is 5.54.